The molecule has 3 rings (SSSR count). The summed E-state index contributed by atoms with van der Waals surface area (Å²) in [6.07, 6.45) is 5.39. The minimum Gasteiger partial charge on any atom is -0.334 e. The van der Waals surface area contributed by atoms with Gasteiger partial charge in [0.25, 0.3) is 5.91 Å². The molecule has 5 amide bonds. The molecule has 1 aromatic carbocycles. The lowest BCUT2D eigenvalue weighted by Gasteiger charge is -2.29. The van der Waals surface area contributed by atoms with Crippen LogP contribution in [0.5, 0.6) is 0 Å². The second-order valence-corrected chi connectivity index (χ2v) is 9.03. The maximum Gasteiger partial charge on any atom is 0.315 e. The number of benzene rings is 1. The third kappa shape index (κ3) is 6.88. The van der Waals surface area contributed by atoms with Gasteiger partial charge in [-0.25, -0.2) is 4.79 Å². The highest BCUT2D eigenvalue weighted by molar-refractivity contribution is 6.05. The van der Waals surface area contributed by atoms with Crippen molar-refractivity contribution in [2.75, 3.05) is 13.6 Å². The molecule has 2 heterocycles. The first-order valence-electron chi connectivity index (χ1n) is 12.3. The summed E-state index contributed by atoms with van der Waals surface area (Å²) in [5.74, 6) is -0.972. The molecule has 10 nitrogen and oxygen atoms in total. The number of fused-ring (bicyclic) bond motifs is 1. The predicted molar refractivity (Wildman–Crippen MR) is 133 cm³/mol. The molecule has 3 unspecified atom stereocenters. The van der Waals surface area contributed by atoms with Gasteiger partial charge < -0.3 is 20.9 Å². The first kappa shape index (κ1) is 26.3. The molecule has 1 fully saturated rings. The number of carbonyl (C=O) groups excluding carboxylic acids is 4. The number of carbonyl (C=O) groups is 4. The Morgan fingerprint density at radius 3 is 2.77 bits per heavy atom. The molecule has 0 bridgehead atoms. The maximum atomic E-state index is 13.0. The zero-order chi connectivity index (χ0) is 25.4. The van der Waals surface area contributed by atoms with E-state index in [0.29, 0.717) is 25.1 Å². The summed E-state index contributed by atoms with van der Waals surface area (Å²) in [6, 6.07) is 4.52. The van der Waals surface area contributed by atoms with Crippen LogP contribution in [-0.4, -0.2) is 66.6 Å². The van der Waals surface area contributed by atoms with Gasteiger partial charge in [0.1, 0.15) is 6.04 Å². The van der Waals surface area contributed by atoms with E-state index < -0.39 is 11.9 Å². The quantitative estimate of drug-likeness (QED) is 0.279. The number of likely N-dealkylation sites (N-methyl/N-ethyl adjacent to an activating group) is 1. The molecule has 0 aromatic heterocycles. The van der Waals surface area contributed by atoms with E-state index in [1.54, 1.807) is 12.3 Å². The van der Waals surface area contributed by atoms with E-state index in [4.69, 9.17) is 0 Å². The van der Waals surface area contributed by atoms with E-state index in [2.05, 4.69) is 40.1 Å². The van der Waals surface area contributed by atoms with Crippen LogP contribution < -0.4 is 21.3 Å². The van der Waals surface area contributed by atoms with Gasteiger partial charge in [0.2, 0.25) is 11.8 Å². The van der Waals surface area contributed by atoms with Crippen LogP contribution in [0.1, 0.15) is 67.4 Å². The summed E-state index contributed by atoms with van der Waals surface area (Å²) in [4.78, 5) is 55.2. The van der Waals surface area contributed by atoms with Gasteiger partial charge >= 0.3 is 6.03 Å². The smallest absolute Gasteiger partial charge is 0.315 e. The van der Waals surface area contributed by atoms with E-state index in [1.165, 1.54) is 4.90 Å². The third-order valence-electron chi connectivity index (χ3n) is 6.36. The fourth-order valence-corrected chi connectivity index (χ4v) is 4.42. The van der Waals surface area contributed by atoms with E-state index in [-0.39, 0.29) is 42.9 Å². The van der Waals surface area contributed by atoms with Gasteiger partial charge in [0, 0.05) is 43.9 Å². The van der Waals surface area contributed by atoms with Crippen LogP contribution in [0, 0.1) is 0 Å². The molecule has 2 aliphatic heterocycles. The zero-order valence-corrected chi connectivity index (χ0v) is 20.7. The number of rotatable bonds is 11. The van der Waals surface area contributed by atoms with Gasteiger partial charge in [-0.3, -0.25) is 24.7 Å². The van der Waals surface area contributed by atoms with Crippen molar-refractivity contribution in [3.63, 3.8) is 0 Å². The Hall–Kier alpha value is -3.27. The van der Waals surface area contributed by atoms with Crippen molar-refractivity contribution in [2.24, 2.45) is 4.99 Å². The maximum absolute atomic E-state index is 13.0. The van der Waals surface area contributed by atoms with Crippen LogP contribution in [0.3, 0.4) is 0 Å². The lowest BCUT2D eigenvalue weighted by Crippen LogP contribution is -2.52. The first-order valence-corrected chi connectivity index (χ1v) is 12.3. The van der Waals surface area contributed by atoms with Crippen LogP contribution in [0.15, 0.2) is 23.2 Å². The molecule has 2 aliphatic rings. The summed E-state index contributed by atoms with van der Waals surface area (Å²) in [5, 5.41) is 11.1. The zero-order valence-electron chi connectivity index (χ0n) is 20.7. The number of piperidine rings is 1. The molecule has 3 atom stereocenters. The van der Waals surface area contributed by atoms with Crippen molar-refractivity contribution in [3.8, 4) is 0 Å². The van der Waals surface area contributed by atoms with E-state index in [1.807, 2.05) is 19.2 Å². The summed E-state index contributed by atoms with van der Waals surface area (Å²) >= 11 is 0. The largest absolute Gasteiger partial charge is 0.334 e. The van der Waals surface area contributed by atoms with Crippen molar-refractivity contribution < 1.29 is 19.2 Å². The Bertz CT molecular complexity index is 979. The van der Waals surface area contributed by atoms with Crippen molar-refractivity contribution in [3.05, 3.63) is 34.9 Å². The van der Waals surface area contributed by atoms with Crippen LogP contribution in [0.2, 0.25) is 0 Å². The van der Waals surface area contributed by atoms with Crippen molar-refractivity contribution in [1.82, 2.24) is 26.2 Å². The number of urea groups is 1. The molecule has 0 radical (unpaired) electrons. The highest BCUT2D eigenvalue weighted by atomic mass is 16.2. The summed E-state index contributed by atoms with van der Waals surface area (Å²) in [7, 11) is 1.82. The summed E-state index contributed by atoms with van der Waals surface area (Å²) in [6.45, 7) is 5.38. The number of nitrogens with one attached hydrogen (secondary N) is 4. The summed E-state index contributed by atoms with van der Waals surface area (Å²) in [5.41, 5.74) is 2.14. The van der Waals surface area contributed by atoms with Gasteiger partial charge in [-0.15, -0.1) is 0 Å². The van der Waals surface area contributed by atoms with Gasteiger partial charge in [0.05, 0.1) is 6.04 Å². The molecular formula is C25H36N6O4. The SMILES string of the molecule is CCCC(CC)/N=C\C(CNC)NC(=O)NCc1ccc2c(c1)C(=O)N(C1CCC(=O)NC1=O)C2. The number of imide groups is 1. The lowest BCUT2D eigenvalue weighted by molar-refractivity contribution is -0.136. The van der Waals surface area contributed by atoms with Crippen LogP contribution in [0.4, 0.5) is 4.79 Å². The fraction of sp³-hybridized carbons (Fsp3) is 0.560. The highest BCUT2D eigenvalue weighted by Gasteiger charge is 2.39. The van der Waals surface area contributed by atoms with E-state index >= 15 is 0 Å². The molecule has 0 saturated carbocycles. The molecule has 1 aromatic rings. The van der Waals surface area contributed by atoms with Crippen LogP contribution in [0.25, 0.3) is 0 Å². The number of aliphatic imine (C=N–C) groups is 1. The van der Waals surface area contributed by atoms with Gasteiger partial charge in [-0.1, -0.05) is 32.4 Å². The van der Waals surface area contributed by atoms with Crippen molar-refractivity contribution in [1.29, 1.82) is 0 Å². The molecule has 0 spiro atoms. The average molecular weight is 485 g/mol. The van der Waals surface area contributed by atoms with Gasteiger partial charge in [0.15, 0.2) is 0 Å². The lowest BCUT2D eigenvalue weighted by atomic mass is 10.0. The van der Waals surface area contributed by atoms with Gasteiger partial charge in [-0.05, 0) is 43.5 Å². The molecule has 35 heavy (non-hydrogen) atoms. The number of amides is 5. The van der Waals surface area contributed by atoms with Crippen molar-refractivity contribution in [2.45, 2.75) is 77.2 Å². The topological polar surface area (TPSA) is 132 Å². The second-order valence-electron chi connectivity index (χ2n) is 9.03. The number of hydrogen-bond donors (Lipinski definition) is 4. The third-order valence-corrected chi connectivity index (χ3v) is 6.36. The van der Waals surface area contributed by atoms with Crippen LogP contribution in [-0.2, 0) is 22.7 Å². The second kappa shape index (κ2) is 12.4. The number of nitrogens with zero attached hydrogens (tertiary/aromatic N) is 2. The first-order chi connectivity index (χ1) is 16.9. The Balaban J connectivity index is 1.56. The average Bonchev–Trinajstić information content (AvgIpc) is 3.16. The molecule has 190 valence electrons. The Kier molecular flexibility index (Phi) is 9.36. The Morgan fingerprint density at radius 2 is 2.09 bits per heavy atom. The van der Waals surface area contributed by atoms with E-state index in [9.17, 15) is 19.2 Å². The molecule has 0 aliphatic carbocycles. The molecule has 10 heteroatoms. The Labute approximate surface area is 206 Å². The molecular weight excluding hydrogens is 448 g/mol. The highest BCUT2D eigenvalue weighted by Crippen LogP contribution is 2.28. The minimum atomic E-state index is -0.643. The summed E-state index contributed by atoms with van der Waals surface area (Å²) < 4.78 is 0. The number of hydrogen-bond acceptors (Lipinski definition) is 6. The monoisotopic (exact) mass is 484 g/mol. The standard InChI is InChI=1S/C25H36N6O4/c1-4-6-18(5-2)27-14-19(13-26-3)29-25(35)28-12-16-7-8-17-15-31(24(34)20(17)11-16)21-9-10-22(32)30-23(21)33/h7-8,11,14,18-19,21,26H,4-6,9-10,12-13,15H2,1-3H3,(H2,28,29,35)(H,30,32,33)/b27-14-. The van der Waals surface area contributed by atoms with Crippen molar-refractivity contribution >= 4 is 30.0 Å². The molecule has 1 saturated heterocycles. The minimum absolute atomic E-state index is 0.220. The predicted octanol–water partition coefficient (Wildman–Crippen LogP) is 1.48. The fourth-order valence-electron chi connectivity index (χ4n) is 4.42. The van der Waals surface area contributed by atoms with Crippen LogP contribution >= 0.6 is 0 Å². The van der Waals surface area contributed by atoms with Gasteiger partial charge in [-0.2, -0.15) is 0 Å². The normalized spacial score (nSPS) is 19.5. The Morgan fingerprint density at radius 1 is 1.29 bits per heavy atom. The molecule has 4 N–H and O–H groups in total. The van der Waals surface area contributed by atoms with E-state index in [0.717, 1.165) is 30.4 Å².